The number of hydrogen-bond acceptors (Lipinski definition) is 5. The Bertz CT molecular complexity index is 966. The zero-order valence-electron chi connectivity index (χ0n) is 15.0. The van der Waals surface area contributed by atoms with Gasteiger partial charge in [0.1, 0.15) is 0 Å². The highest BCUT2D eigenvalue weighted by Crippen LogP contribution is 2.33. The summed E-state index contributed by atoms with van der Waals surface area (Å²) in [5.74, 6) is 0.503. The Morgan fingerprint density at radius 2 is 1.96 bits per heavy atom. The van der Waals surface area contributed by atoms with Gasteiger partial charge in [-0.05, 0) is 37.3 Å². The first-order chi connectivity index (χ1) is 13.5. The number of rotatable bonds is 7. The molecule has 1 atom stereocenters. The largest absolute Gasteiger partial charge is 0.394 e. The molecule has 0 aliphatic heterocycles. The first kappa shape index (κ1) is 20.7. The van der Waals surface area contributed by atoms with Crippen molar-refractivity contribution in [3.63, 3.8) is 0 Å². The molecule has 1 aromatic heterocycles. The van der Waals surface area contributed by atoms with Gasteiger partial charge in [0.15, 0.2) is 11.0 Å². The summed E-state index contributed by atoms with van der Waals surface area (Å²) in [6.45, 7) is 1.62. The summed E-state index contributed by atoms with van der Waals surface area (Å²) >= 11 is 13.6. The molecule has 0 bridgehead atoms. The minimum atomic E-state index is -0.302. The van der Waals surface area contributed by atoms with Gasteiger partial charge < -0.3 is 10.4 Å². The highest BCUT2D eigenvalue weighted by molar-refractivity contribution is 7.99. The molecule has 2 N–H and O–H groups in total. The standard InChI is InChI=1S/C19H18Cl2N4O2S/c1-12(10-26)22-17(27)11-28-19-24-23-18(15-8-7-13(20)9-16(15)21)25(19)14-5-3-2-4-6-14/h2-9,12,26H,10-11H2,1H3,(H,22,27). The quantitative estimate of drug-likeness (QED) is 0.550. The number of thioether (sulfide) groups is 1. The van der Waals surface area contributed by atoms with Gasteiger partial charge in [-0.1, -0.05) is 53.2 Å². The van der Waals surface area contributed by atoms with Crippen LogP contribution in [0.1, 0.15) is 6.92 Å². The molecule has 0 fully saturated rings. The van der Waals surface area contributed by atoms with Crippen LogP contribution >= 0.6 is 35.0 Å². The Kier molecular flexibility index (Phi) is 6.96. The van der Waals surface area contributed by atoms with Gasteiger partial charge in [-0.15, -0.1) is 10.2 Å². The fourth-order valence-electron chi connectivity index (χ4n) is 2.51. The Morgan fingerprint density at radius 3 is 2.64 bits per heavy atom. The number of aliphatic hydroxyl groups excluding tert-OH is 1. The minimum absolute atomic E-state index is 0.115. The number of aromatic nitrogens is 3. The molecule has 1 amide bonds. The number of benzene rings is 2. The summed E-state index contributed by atoms with van der Waals surface area (Å²) in [6.07, 6.45) is 0. The van der Waals surface area contributed by atoms with Crippen LogP contribution in [0.2, 0.25) is 10.0 Å². The van der Waals surface area contributed by atoms with Gasteiger partial charge in [-0.3, -0.25) is 9.36 Å². The molecule has 28 heavy (non-hydrogen) atoms. The molecular formula is C19H18Cl2N4O2S. The number of para-hydroxylation sites is 1. The van der Waals surface area contributed by atoms with Crippen molar-refractivity contribution < 1.29 is 9.90 Å². The Labute approximate surface area is 176 Å². The summed E-state index contributed by atoms with van der Waals surface area (Å²) in [4.78, 5) is 12.1. The zero-order valence-corrected chi connectivity index (χ0v) is 17.3. The molecule has 1 unspecified atom stereocenters. The third-order valence-corrected chi connectivity index (χ3v) is 5.31. The molecule has 3 rings (SSSR count). The van der Waals surface area contributed by atoms with Gasteiger partial charge in [0.05, 0.1) is 17.4 Å². The smallest absolute Gasteiger partial charge is 0.230 e. The van der Waals surface area contributed by atoms with Crippen molar-refractivity contribution in [2.45, 2.75) is 18.1 Å². The molecule has 0 saturated heterocycles. The van der Waals surface area contributed by atoms with Crippen LogP contribution in [0.3, 0.4) is 0 Å². The van der Waals surface area contributed by atoms with E-state index in [-0.39, 0.29) is 24.3 Å². The second-order valence-electron chi connectivity index (χ2n) is 6.04. The molecule has 0 saturated carbocycles. The van der Waals surface area contributed by atoms with Crippen LogP contribution in [0, 0.1) is 0 Å². The maximum atomic E-state index is 12.1. The second kappa shape index (κ2) is 9.43. The van der Waals surface area contributed by atoms with E-state index in [4.69, 9.17) is 28.3 Å². The summed E-state index contributed by atoms with van der Waals surface area (Å²) < 4.78 is 1.85. The van der Waals surface area contributed by atoms with Crippen LogP contribution in [-0.2, 0) is 4.79 Å². The molecule has 0 spiro atoms. The van der Waals surface area contributed by atoms with Crippen LogP contribution in [0.5, 0.6) is 0 Å². The number of halogens is 2. The predicted molar refractivity (Wildman–Crippen MR) is 112 cm³/mol. The van der Waals surface area contributed by atoms with Crippen molar-refractivity contribution in [3.8, 4) is 17.1 Å². The maximum Gasteiger partial charge on any atom is 0.230 e. The van der Waals surface area contributed by atoms with E-state index in [1.54, 1.807) is 25.1 Å². The number of hydrogen-bond donors (Lipinski definition) is 2. The van der Waals surface area contributed by atoms with E-state index >= 15 is 0 Å². The Hall–Kier alpha value is -2.06. The number of aliphatic hydroxyl groups is 1. The first-order valence-corrected chi connectivity index (χ1v) is 10.2. The summed E-state index contributed by atoms with van der Waals surface area (Å²) in [5.41, 5.74) is 1.53. The van der Waals surface area contributed by atoms with E-state index in [0.29, 0.717) is 26.6 Å². The van der Waals surface area contributed by atoms with Crippen LogP contribution in [0.15, 0.2) is 53.7 Å². The Balaban J connectivity index is 1.95. The summed E-state index contributed by atoms with van der Waals surface area (Å²) in [6, 6.07) is 14.5. The second-order valence-corrected chi connectivity index (χ2v) is 7.83. The van der Waals surface area contributed by atoms with Crippen molar-refractivity contribution in [1.82, 2.24) is 20.1 Å². The predicted octanol–water partition coefficient (Wildman–Crippen LogP) is 3.83. The molecule has 6 nitrogen and oxygen atoms in total. The number of nitrogens with zero attached hydrogens (tertiary/aromatic N) is 3. The first-order valence-electron chi connectivity index (χ1n) is 8.49. The average molecular weight is 437 g/mol. The fraction of sp³-hybridized carbons (Fsp3) is 0.211. The van der Waals surface area contributed by atoms with Gasteiger partial charge in [-0.2, -0.15) is 0 Å². The van der Waals surface area contributed by atoms with E-state index in [1.807, 2.05) is 34.9 Å². The molecular weight excluding hydrogens is 419 g/mol. The molecule has 1 heterocycles. The third kappa shape index (κ3) is 4.86. The van der Waals surface area contributed by atoms with Crippen LogP contribution in [-0.4, -0.2) is 44.2 Å². The number of nitrogens with one attached hydrogen (secondary N) is 1. The molecule has 0 aliphatic carbocycles. The van der Waals surface area contributed by atoms with Crippen LogP contribution in [0.25, 0.3) is 17.1 Å². The van der Waals surface area contributed by atoms with Crippen molar-refractivity contribution >= 4 is 40.9 Å². The topological polar surface area (TPSA) is 80.0 Å². The molecule has 0 radical (unpaired) electrons. The molecule has 0 aliphatic rings. The highest BCUT2D eigenvalue weighted by atomic mass is 35.5. The fourth-order valence-corrected chi connectivity index (χ4v) is 3.77. The van der Waals surface area contributed by atoms with Crippen molar-refractivity contribution in [1.29, 1.82) is 0 Å². The van der Waals surface area contributed by atoms with Gasteiger partial charge in [0.25, 0.3) is 0 Å². The molecule has 3 aromatic rings. The summed E-state index contributed by atoms with van der Waals surface area (Å²) in [5, 5.41) is 21.9. The summed E-state index contributed by atoms with van der Waals surface area (Å²) in [7, 11) is 0. The number of carbonyl (C=O) groups excluding carboxylic acids is 1. The lowest BCUT2D eigenvalue weighted by atomic mass is 10.2. The molecule has 9 heteroatoms. The van der Waals surface area contributed by atoms with Gasteiger partial charge >= 0.3 is 0 Å². The van der Waals surface area contributed by atoms with Crippen molar-refractivity contribution in [2.24, 2.45) is 0 Å². The van der Waals surface area contributed by atoms with Gasteiger partial charge in [0, 0.05) is 22.3 Å². The highest BCUT2D eigenvalue weighted by Gasteiger charge is 2.19. The maximum absolute atomic E-state index is 12.1. The van der Waals surface area contributed by atoms with E-state index in [9.17, 15) is 4.79 Å². The van der Waals surface area contributed by atoms with Crippen molar-refractivity contribution in [3.05, 3.63) is 58.6 Å². The normalized spacial score (nSPS) is 12.0. The van der Waals surface area contributed by atoms with Crippen LogP contribution in [0.4, 0.5) is 0 Å². The zero-order chi connectivity index (χ0) is 20.1. The van der Waals surface area contributed by atoms with Gasteiger partial charge in [0.2, 0.25) is 5.91 Å². The van der Waals surface area contributed by atoms with Crippen molar-refractivity contribution in [2.75, 3.05) is 12.4 Å². The monoisotopic (exact) mass is 436 g/mol. The van der Waals surface area contributed by atoms with E-state index in [2.05, 4.69) is 15.5 Å². The van der Waals surface area contributed by atoms with Gasteiger partial charge in [-0.25, -0.2) is 0 Å². The lowest BCUT2D eigenvalue weighted by molar-refractivity contribution is -0.119. The lowest BCUT2D eigenvalue weighted by Gasteiger charge is -2.12. The SMILES string of the molecule is CC(CO)NC(=O)CSc1nnc(-c2ccc(Cl)cc2Cl)n1-c1ccccc1. The van der Waals surface area contributed by atoms with E-state index < -0.39 is 0 Å². The number of carbonyl (C=O) groups is 1. The number of amides is 1. The average Bonchev–Trinajstić information content (AvgIpc) is 3.10. The lowest BCUT2D eigenvalue weighted by Crippen LogP contribution is -2.36. The Morgan fingerprint density at radius 1 is 1.21 bits per heavy atom. The molecule has 146 valence electrons. The third-order valence-electron chi connectivity index (χ3n) is 3.83. The van der Waals surface area contributed by atoms with Crippen LogP contribution < -0.4 is 5.32 Å². The van der Waals surface area contributed by atoms with E-state index in [1.165, 1.54) is 11.8 Å². The molecule has 2 aromatic carbocycles. The van der Waals surface area contributed by atoms with E-state index in [0.717, 1.165) is 5.69 Å². The minimum Gasteiger partial charge on any atom is -0.394 e.